The third-order valence-corrected chi connectivity index (χ3v) is 1.99. The van der Waals surface area contributed by atoms with E-state index in [4.69, 9.17) is 5.11 Å². The van der Waals surface area contributed by atoms with Crippen LogP contribution in [0.4, 0.5) is 13.2 Å². The minimum atomic E-state index is -4.72. The Morgan fingerprint density at radius 2 is 2.11 bits per heavy atom. The van der Waals surface area contributed by atoms with Crippen molar-refractivity contribution in [2.75, 3.05) is 0 Å². The van der Waals surface area contributed by atoms with Crippen LogP contribution in [0.2, 0.25) is 0 Å². The molecule has 0 unspecified atom stereocenters. The van der Waals surface area contributed by atoms with E-state index in [0.717, 1.165) is 16.9 Å². The van der Waals surface area contributed by atoms with Gasteiger partial charge in [0.05, 0.1) is 0 Å². The Hall–Kier alpha value is -2.46. The predicted molar refractivity (Wildman–Crippen MR) is 47.4 cm³/mol. The summed E-state index contributed by atoms with van der Waals surface area (Å²) in [5.41, 5.74) is -0.265. The van der Waals surface area contributed by atoms with Gasteiger partial charge in [-0.1, -0.05) is 0 Å². The highest BCUT2D eigenvalue weighted by atomic mass is 19.4. The fraction of sp³-hybridized carbons (Fsp3) is 0.286. The van der Waals surface area contributed by atoms with Gasteiger partial charge in [-0.05, 0) is 16.5 Å². The predicted octanol–water partition coefficient (Wildman–Crippen LogP) is 0.0924. The topological polar surface area (TPSA) is 98.7 Å². The van der Waals surface area contributed by atoms with Crippen LogP contribution in [0.25, 0.3) is 0 Å². The van der Waals surface area contributed by atoms with Crippen LogP contribution in [0, 0.1) is 0 Å². The number of aromatic nitrogens is 6. The van der Waals surface area contributed by atoms with Gasteiger partial charge in [0.1, 0.15) is 12.4 Å². The van der Waals surface area contributed by atoms with Crippen molar-refractivity contribution < 1.29 is 23.1 Å². The van der Waals surface area contributed by atoms with Gasteiger partial charge < -0.3 is 5.11 Å². The molecule has 0 saturated carbocycles. The Kier molecular flexibility index (Phi) is 2.73. The van der Waals surface area contributed by atoms with Crippen molar-refractivity contribution in [1.29, 1.82) is 0 Å². The molecule has 11 heteroatoms. The summed E-state index contributed by atoms with van der Waals surface area (Å²) in [6.45, 7) is -0.545. The summed E-state index contributed by atoms with van der Waals surface area (Å²) in [6, 6.07) is 1.15. The lowest BCUT2D eigenvalue weighted by atomic mass is 10.4. The van der Waals surface area contributed by atoms with E-state index in [2.05, 4.69) is 20.6 Å². The maximum absolute atomic E-state index is 12.5. The summed E-state index contributed by atoms with van der Waals surface area (Å²) in [6.07, 6.45) is -3.57. The van der Waals surface area contributed by atoms with E-state index in [0.29, 0.717) is 4.68 Å². The first-order valence-corrected chi connectivity index (χ1v) is 4.48. The lowest BCUT2D eigenvalue weighted by Crippen LogP contribution is -2.22. The standard InChI is InChI=1S/C7H5F3N6O2/c8-7(9,10)6-12-13-14-16(6)3-15-4(5(17)18)1-2-11-15/h1-2H,3H2,(H,17,18). The number of carboxylic acid groups (broad SMARTS) is 1. The number of hydrogen-bond donors (Lipinski definition) is 1. The van der Waals surface area contributed by atoms with Crippen LogP contribution in [-0.2, 0) is 12.8 Å². The van der Waals surface area contributed by atoms with E-state index < -0.39 is 24.6 Å². The van der Waals surface area contributed by atoms with Crippen LogP contribution >= 0.6 is 0 Å². The van der Waals surface area contributed by atoms with E-state index in [1.54, 1.807) is 0 Å². The van der Waals surface area contributed by atoms with Crippen molar-refractivity contribution in [2.45, 2.75) is 12.8 Å². The molecule has 2 rings (SSSR count). The van der Waals surface area contributed by atoms with E-state index in [1.807, 2.05) is 0 Å². The average molecular weight is 262 g/mol. The van der Waals surface area contributed by atoms with Gasteiger partial charge >= 0.3 is 12.1 Å². The van der Waals surface area contributed by atoms with Gasteiger partial charge in [-0.15, -0.1) is 5.10 Å². The van der Waals surface area contributed by atoms with Crippen LogP contribution < -0.4 is 0 Å². The number of nitrogens with zero attached hydrogens (tertiary/aromatic N) is 6. The van der Waals surface area contributed by atoms with Crippen LogP contribution in [0.5, 0.6) is 0 Å². The van der Waals surface area contributed by atoms with Gasteiger partial charge in [0.2, 0.25) is 0 Å². The maximum Gasteiger partial charge on any atom is 0.453 e. The first kappa shape index (κ1) is 12.0. The summed E-state index contributed by atoms with van der Waals surface area (Å²) in [4.78, 5) is 10.7. The SMILES string of the molecule is O=C(O)c1ccnn1Cn1nnnc1C(F)(F)F. The second-order valence-corrected chi connectivity index (χ2v) is 3.16. The molecule has 18 heavy (non-hydrogen) atoms. The Balaban J connectivity index is 2.33. The normalized spacial score (nSPS) is 11.7. The number of hydrogen-bond acceptors (Lipinski definition) is 5. The molecule has 0 aliphatic carbocycles. The Morgan fingerprint density at radius 1 is 1.39 bits per heavy atom. The van der Waals surface area contributed by atoms with Gasteiger partial charge in [-0.25, -0.2) is 9.48 Å². The molecular formula is C7H5F3N6O2. The first-order chi connectivity index (χ1) is 8.39. The number of carbonyl (C=O) groups is 1. The van der Waals surface area contributed by atoms with E-state index in [1.165, 1.54) is 0 Å². The number of carboxylic acids is 1. The lowest BCUT2D eigenvalue weighted by Gasteiger charge is -2.08. The van der Waals surface area contributed by atoms with E-state index >= 15 is 0 Å². The third-order valence-electron chi connectivity index (χ3n) is 1.99. The molecule has 0 saturated heterocycles. The molecule has 0 aromatic carbocycles. The van der Waals surface area contributed by atoms with Gasteiger partial charge in [0.15, 0.2) is 0 Å². The molecule has 0 radical (unpaired) electrons. The Morgan fingerprint density at radius 3 is 2.72 bits per heavy atom. The average Bonchev–Trinajstić information content (AvgIpc) is 2.85. The van der Waals surface area contributed by atoms with E-state index in [9.17, 15) is 18.0 Å². The maximum atomic E-state index is 12.5. The summed E-state index contributed by atoms with van der Waals surface area (Å²) >= 11 is 0. The van der Waals surface area contributed by atoms with Gasteiger partial charge in [0.25, 0.3) is 5.82 Å². The smallest absolute Gasteiger partial charge is 0.453 e. The summed E-state index contributed by atoms with van der Waals surface area (Å²) in [7, 11) is 0. The third kappa shape index (κ3) is 2.14. The molecular weight excluding hydrogens is 257 g/mol. The van der Waals surface area contributed by atoms with Gasteiger partial charge in [-0.2, -0.15) is 23.0 Å². The van der Waals surface area contributed by atoms with Crippen LogP contribution in [0.3, 0.4) is 0 Å². The van der Waals surface area contributed by atoms with Crippen molar-refractivity contribution in [2.24, 2.45) is 0 Å². The van der Waals surface area contributed by atoms with Crippen molar-refractivity contribution >= 4 is 5.97 Å². The zero-order valence-corrected chi connectivity index (χ0v) is 8.53. The number of rotatable bonds is 3. The van der Waals surface area contributed by atoms with Crippen LogP contribution in [0.15, 0.2) is 12.3 Å². The highest BCUT2D eigenvalue weighted by molar-refractivity contribution is 5.85. The first-order valence-electron chi connectivity index (χ1n) is 4.48. The van der Waals surface area contributed by atoms with Crippen molar-refractivity contribution in [3.8, 4) is 0 Å². The summed E-state index contributed by atoms with van der Waals surface area (Å²) < 4.78 is 38.6. The largest absolute Gasteiger partial charge is 0.477 e. The molecule has 1 N–H and O–H groups in total. The van der Waals surface area contributed by atoms with Crippen molar-refractivity contribution in [3.63, 3.8) is 0 Å². The van der Waals surface area contributed by atoms with Crippen LogP contribution in [-0.4, -0.2) is 41.1 Å². The molecule has 0 aliphatic rings. The molecule has 8 nitrogen and oxygen atoms in total. The fourth-order valence-corrected chi connectivity index (χ4v) is 1.26. The quantitative estimate of drug-likeness (QED) is 0.841. The van der Waals surface area contributed by atoms with E-state index in [-0.39, 0.29) is 5.69 Å². The zero-order valence-electron chi connectivity index (χ0n) is 8.53. The Labute approximate surface area is 96.6 Å². The molecule has 0 fully saturated rings. The molecule has 2 aromatic heterocycles. The van der Waals surface area contributed by atoms with Gasteiger partial charge in [0, 0.05) is 6.20 Å². The van der Waals surface area contributed by atoms with Gasteiger partial charge in [-0.3, -0.25) is 0 Å². The van der Waals surface area contributed by atoms with Crippen molar-refractivity contribution in [1.82, 2.24) is 30.0 Å². The van der Waals surface area contributed by atoms with Crippen molar-refractivity contribution in [3.05, 3.63) is 23.8 Å². The Bertz CT molecular complexity index is 574. The molecule has 0 amide bonds. The second-order valence-electron chi connectivity index (χ2n) is 3.16. The molecule has 0 spiro atoms. The van der Waals surface area contributed by atoms with Crippen LogP contribution in [0.1, 0.15) is 16.3 Å². The molecule has 2 aromatic rings. The molecule has 0 atom stereocenters. The molecule has 2 heterocycles. The molecule has 0 bridgehead atoms. The number of alkyl halides is 3. The molecule has 0 aliphatic heterocycles. The monoisotopic (exact) mass is 262 g/mol. The second kappa shape index (κ2) is 4.09. The lowest BCUT2D eigenvalue weighted by molar-refractivity contribution is -0.148. The number of tetrazole rings is 1. The zero-order chi connectivity index (χ0) is 13.3. The highest BCUT2D eigenvalue weighted by Crippen LogP contribution is 2.26. The summed E-state index contributed by atoms with van der Waals surface area (Å²) in [5.74, 6) is -2.64. The highest BCUT2D eigenvalue weighted by Gasteiger charge is 2.38. The minimum Gasteiger partial charge on any atom is -0.477 e. The number of aromatic carboxylic acids is 1. The summed E-state index contributed by atoms with van der Waals surface area (Å²) in [5, 5.41) is 21.2. The minimum absolute atomic E-state index is 0.265. The number of halogens is 3. The molecule has 96 valence electrons. The fourth-order valence-electron chi connectivity index (χ4n) is 1.26.